The topological polar surface area (TPSA) is 29.5 Å². The highest BCUT2D eigenvalue weighted by Crippen LogP contribution is 2.16. The van der Waals surface area contributed by atoms with Gasteiger partial charge in [-0.15, -0.1) is 0 Å². The van der Waals surface area contributed by atoms with E-state index >= 15 is 0 Å². The van der Waals surface area contributed by atoms with Gasteiger partial charge in [0.15, 0.2) is 6.61 Å². The first-order valence-corrected chi connectivity index (χ1v) is 5.81. The Morgan fingerprint density at radius 2 is 2.41 bits per heavy atom. The summed E-state index contributed by atoms with van der Waals surface area (Å²) in [6, 6.07) is 5.83. The average Bonchev–Trinajstić information content (AvgIpc) is 2.73. The van der Waals surface area contributed by atoms with E-state index in [0.29, 0.717) is 11.7 Å². The van der Waals surface area contributed by atoms with E-state index in [4.69, 9.17) is 4.74 Å². The van der Waals surface area contributed by atoms with Crippen molar-refractivity contribution in [2.45, 2.75) is 13.3 Å². The molecule has 3 nitrogen and oxygen atoms in total. The lowest BCUT2D eigenvalue weighted by Gasteiger charge is -2.16. The van der Waals surface area contributed by atoms with Gasteiger partial charge in [0.2, 0.25) is 0 Å². The normalized spacial score (nSPS) is 19.4. The van der Waals surface area contributed by atoms with E-state index in [9.17, 15) is 9.18 Å². The summed E-state index contributed by atoms with van der Waals surface area (Å²) in [5.74, 6) is 0.571. The quantitative estimate of drug-likeness (QED) is 0.805. The van der Waals surface area contributed by atoms with Crippen LogP contribution in [0.1, 0.15) is 13.3 Å². The minimum Gasteiger partial charge on any atom is -0.484 e. The summed E-state index contributed by atoms with van der Waals surface area (Å²) in [5.41, 5.74) is 0. The van der Waals surface area contributed by atoms with Gasteiger partial charge < -0.3 is 9.64 Å². The standard InChI is InChI=1S/C13H16FNO2/c1-10-5-6-15(8-10)13(16)9-17-12-4-2-3-11(14)7-12/h2-4,7,10H,5-6,8-9H2,1H3. The predicted molar refractivity (Wildman–Crippen MR) is 62.3 cm³/mol. The lowest BCUT2D eigenvalue weighted by molar-refractivity contribution is -0.132. The molecule has 1 aliphatic heterocycles. The van der Waals surface area contributed by atoms with Crippen molar-refractivity contribution in [2.75, 3.05) is 19.7 Å². The van der Waals surface area contributed by atoms with Gasteiger partial charge in [0.05, 0.1) is 0 Å². The minimum atomic E-state index is -0.357. The fraction of sp³-hybridized carbons (Fsp3) is 0.462. The number of amides is 1. The number of nitrogens with zero attached hydrogens (tertiary/aromatic N) is 1. The van der Waals surface area contributed by atoms with Crippen LogP contribution in [-0.2, 0) is 4.79 Å². The Balaban J connectivity index is 1.84. The Kier molecular flexibility index (Phi) is 3.61. The molecule has 0 aliphatic carbocycles. The van der Waals surface area contributed by atoms with Gasteiger partial charge in [0, 0.05) is 19.2 Å². The van der Waals surface area contributed by atoms with Crippen LogP contribution in [0.5, 0.6) is 5.75 Å². The molecule has 4 heteroatoms. The second-order valence-electron chi connectivity index (χ2n) is 4.48. The maximum absolute atomic E-state index is 12.9. The van der Waals surface area contributed by atoms with Crippen molar-refractivity contribution in [3.05, 3.63) is 30.1 Å². The Bertz CT molecular complexity index is 408. The number of benzene rings is 1. The summed E-state index contributed by atoms with van der Waals surface area (Å²) in [6.07, 6.45) is 1.05. The number of hydrogen-bond donors (Lipinski definition) is 0. The molecule has 2 rings (SSSR count). The zero-order chi connectivity index (χ0) is 12.3. The summed E-state index contributed by atoms with van der Waals surface area (Å²) < 4.78 is 18.1. The highest BCUT2D eigenvalue weighted by Gasteiger charge is 2.23. The van der Waals surface area contributed by atoms with Gasteiger partial charge in [-0.05, 0) is 24.5 Å². The van der Waals surface area contributed by atoms with Gasteiger partial charge in [0.1, 0.15) is 11.6 Å². The molecule has 1 aromatic carbocycles. The minimum absolute atomic E-state index is 0.0177. The van der Waals surface area contributed by atoms with Crippen LogP contribution < -0.4 is 4.74 Å². The van der Waals surface area contributed by atoms with Crippen molar-refractivity contribution < 1.29 is 13.9 Å². The highest BCUT2D eigenvalue weighted by atomic mass is 19.1. The summed E-state index contributed by atoms with van der Waals surface area (Å²) in [4.78, 5) is 13.6. The molecule has 92 valence electrons. The number of ether oxygens (including phenoxy) is 1. The Morgan fingerprint density at radius 1 is 1.59 bits per heavy atom. The van der Waals surface area contributed by atoms with Crippen molar-refractivity contribution in [3.8, 4) is 5.75 Å². The van der Waals surface area contributed by atoms with Crippen molar-refractivity contribution in [2.24, 2.45) is 5.92 Å². The maximum Gasteiger partial charge on any atom is 0.260 e. The van der Waals surface area contributed by atoms with Crippen LogP contribution in [0, 0.1) is 11.7 Å². The molecule has 0 spiro atoms. The van der Waals surface area contributed by atoms with Crippen molar-refractivity contribution >= 4 is 5.91 Å². The highest BCUT2D eigenvalue weighted by molar-refractivity contribution is 5.78. The van der Waals surface area contributed by atoms with Crippen LogP contribution in [0.3, 0.4) is 0 Å². The molecule has 0 saturated carbocycles. The largest absolute Gasteiger partial charge is 0.484 e. The fourth-order valence-corrected chi connectivity index (χ4v) is 1.95. The molecule has 1 amide bonds. The number of halogens is 1. The maximum atomic E-state index is 12.9. The molecule has 0 aromatic heterocycles. The molecular weight excluding hydrogens is 221 g/mol. The molecule has 1 heterocycles. The van der Waals surface area contributed by atoms with Crippen molar-refractivity contribution in [3.63, 3.8) is 0 Å². The molecule has 1 aromatic rings. The van der Waals surface area contributed by atoms with E-state index in [1.165, 1.54) is 12.1 Å². The van der Waals surface area contributed by atoms with Crippen LogP contribution in [0.25, 0.3) is 0 Å². The van der Waals surface area contributed by atoms with Gasteiger partial charge in [0.25, 0.3) is 5.91 Å². The summed E-state index contributed by atoms with van der Waals surface area (Å²) >= 11 is 0. The summed E-state index contributed by atoms with van der Waals surface area (Å²) in [5, 5.41) is 0. The first kappa shape index (κ1) is 11.9. The molecule has 0 bridgehead atoms. The Morgan fingerprint density at radius 3 is 3.06 bits per heavy atom. The Labute approximate surface area is 100 Å². The first-order valence-electron chi connectivity index (χ1n) is 5.81. The SMILES string of the molecule is CC1CCN(C(=O)COc2cccc(F)c2)C1. The average molecular weight is 237 g/mol. The van der Waals surface area contributed by atoms with E-state index in [-0.39, 0.29) is 18.3 Å². The molecule has 1 fully saturated rings. The van der Waals surface area contributed by atoms with E-state index in [2.05, 4.69) is 6.92 Å². The molecule has 0 radical (unpaired) electrons. The number of hydrogen-bond acceptors (Lipinski definition) is 2. The zero-order valence-electron chi connectivity index (χ0n) is 9.86. The van der Waals surface area contributed by atoms with Crippen molar-refractivity contribution in [1.82, 2.24) is 4.90 Å². The van der Waals surface area contributed by atoms with Gasteiger partial charge in [-0.25, -0.2) is 4.39 Å². The molecule has 1 unspecified atom stereocenters. The van der Waals surface area contributed by atoms with Crippen LogP contribution in [0.2, 0.25) is 0 Å². The second kappa shape index (κ2) is 5.17. The smallest absolute Gasteiger partial charge is 0.260 e. The molecule has 17 heavy (non-hydrogen) atoms. The number of carbonyl (C=O) groups is 1. The van der Waals surface area contributed by atoms with Gasteiger partial charge in [-0.1, -0.05) is 13.0 Å². The molecule has 0 N–H and O–H groups in total. The monoisotopic (exact) mass is 237 g/mol. The van der Waals surface area contributed by atoms with Crippen LogP contribution >= 0.6 is 0 Å². The van der Waals surface area contributed by atoms with E-state index in [1.54, 1.807) is 17.0 Å². The summed E-state index contributed by atoms with van der Waals surface area (Å²) in [6.45, 7) is 3.70. The predicted octanol–water partition coefficient (Wildman–Crippen LogP) is 2.07. The van der Waals surface area contributed by atoms with Gasteiger partial charge >= 0.3 is 0 Å². The molecule has 1 saturated heterocycles. The third kappa shape index (κ3) is 3.19. The molecule has 1 atom stereocenters. The fourth-order valence-electron chi connectivity index (χ4n) is 1.95. The lowest BCUT2D eigenvalue weighted by atomic mass is 10.2. The second-order valence-corrected chi connectivity index (χ2v) is 4.48. The number of likely N-dealkylation sites (tertiary alicyclic amines) is 1. The summed E-state index contributed by atoms with van der Waals surface area (Å²) in [7, 11) is 0. The van der Waals surface area contributed by atoms with E-state index in [0.717, 1.165) is 19.5 Å². The van der Waals surface area contributed by atoms with Gasteiger partial charge in [-0.3, -0.25) is 4.79 Å². The lowest BCUT2D eigenvalue weighted by Crippen LogP contribution is -2.32. The van der Waals surface area contributed by atoms with Gasteiger partial charge in [-0.2, -0.15) is 0 Å². The van der Waals surface area contributed by atoms with E-state index in [1.807, 2.05) is 0 Å². The Hall–Kier alpha value is -1.58. The van der Waals surface area contributed by atoms with Crippen LogP contribution in [0.15, 0.2) is 24.3 Å². The van der Waals surface area contributed by atoms with Crippen LogP contribution in [-0.4, -0.2) is 30.5 Å². The molecular formula is C13H16FNO2. The number of carbonyl (C=O) groups excluding carboxylic acids is 1. The molecule has 1 aliphatic rings. The third-order valence-corrected chi connectivity index (χ3v) is 2.93. The zero-order valence-corrected chi connectivity index (χ0v) is 9.86. The van der Waals surface area contributed by atoms with E-state index < -0.39 is 0 Å². The van der Waals surface area contributed by atoms with Crippen molar-refractivity contribution in [1.29, 1.82) is 0 Å². The van der Waals surface area contributed by atoms with Crippen LogP contribution in [0.4, 0.5) is 4.39 Å². The number of rotatable bonds is 3. The third-order valence-electron chi connectivity index (χ3n) is 2.93. The first-order chi connectivity index (χ1) is 8.15.